The van der Waals surface area contributed by atoms with E-state index in [9.17, 15) is 10.1 Å². The Morgan fingerprint density at radius 2 is 1.88 bits per heavy atom. The van der Waals surface area contributed by atoms with Crippen molar-refractivity contribution >= 4 is 11.7 Å². The van der Waals surface area contributed by atoms with E-state index in [1.54, 1.807) is 12.3 Å². The number of nitrogens with one attached hydrogen (secondary N) is 1. The van der Waals surface area contributed by atoms with Gasteiger partial charge in [-0.2, -0.15) is 5.26 Å². The van der Waals surface area contributed by atoms with E-state index in [0.717, 1.165) is 30.4 Å². The van der Waals surface area contributed by atoms with E-state index in [0.29, 0.717) is 43.6 Å². The fourth-order valence-electron chi connectivity index (χ4n) is 4.21. The third-order valence-electron chi connectivity index (χ3n) is 6.08. The summed E-state index contributed by atoms with van der Waals surface area (Å²) < 4.78 is 22.4. The molecule has 1 aromatic heterocycles. The molecule has 1 amide bonds. The first-order chi connectivity index (χ1) is 15.7. The van der Waals surface area contributed by atoms with Crippen LogP contribution in [0.3, 0.4) is 0 Å². The fourth-order valence-corrected chi connectivity index (χ4v) is 4.21. The SMILES string of the molecule is N#Cc1cc(-c2ccnc(NC(=O)[C@@H]3CC3C3OCCO3)c2)ccc1OC1CCOCC1. The fraction of sp³-hybridized carbons (Fsp3) is 0.458. The zero-order chi connectivity index (χ0) is 21.9. The van der Waals surface area contributed by atoms with Crippen molar-refractivity contribution in [2.75, 3.05) is 31.7 Å². The van der Waals surface area contributed by atoms with E-state index in [1.807, 2.05) is 24.3 Å². The van der Waals surface area contributed by atoms with Crippen LogP contribution in [0.15, 0.2) is 36.5 Å². The lowest BCUT2D eigenvalue weighted by Gasteiger charge is -2.23. The lowest BCUT2D eigenvalue weighted by molar-refractivity contribution is -0.119. The molecule has 1 unspecified atom stereocenters. The molecular weight excluding hydrogens is 410 g/mol. The van der Waals surface area contributed by atoms with Gasteiger partial charge >= 0.3 is 0 Å². The molecule has 8 nitrogen and oxygen atoms in total. The van der Waals surface area contributed by atoms with Crippen LogP contribution in [0.5, 0.6) is 5.75 Å². The third kappa shape index (κ3) is 4.60. The van der Waals surface area contributed by atoms with E-state index in [1.165, 1.54) is 0 Å². The number of nitrogens with zero attached hydrogens (tertiary/aromatic N) is 2. The normalized spacial score (nSPS) is 23.5. The molecule has 1 aliphatic carbocycles. The lowest BCUT2D eigenvalue weighted by atomic mass is 10.0. The van der Waals surface area contributed by atoms with Gasteiger partial charge in [0, 0.05) is 30.9 Å². The van der Waals surface area contributed by atoms with Gasteiger partial charge in [0.1, 0.15) is 23.7 Å². The lowest BCUT2D eigenvalue weighted by Crippen LogP contribution is -2.26. The van der Waals surface area contributed by atoms with Gasteiger partial charge < -0.3 is 24.3 Å². The molecular formula is C24H25N3O5. The Balaban J connectivity index is 1.26. The van der Waals surface area contributed by atoms with Crippen LogP contribution in [0.1, 0.15) is 24.8 Å². The molecule has 2 aliphatic heterocycles. The summed E-state index contributed by atoms with van der Waals surface area (Å²) in [5.41, 5.74) is 2.20. The second-order valence-corrected chi connectivity index (χ2v) is 8.29. The van der Waals surface area contributed by atoms with Gasteiger partial charge in [0.05, 0.1) is 32.0 Å². The first-order valence-corrected chi connectivity index (χ1v) is 11.0. The zero-order valence-corrected chi connectivity index (χ0v) is 17.7. The Bertz CT molecular complexity index is 1020. The minimum absolute atomic E-state index is 0.0655. The predicted molar refractivity (Wildman–Crippen MR) is 115 cm³/mol. The van der Waals surface area contributed by atoms with Crippen LogP contribution < -0.4 is 10.1 Å². The van der Waals surface area contributed by atoms with Crippen molar-refractivity contribution in [2.45, 2.75) is 31.7 Å². The topological polar surface area (TPSA) is 103 Å². The highest BCUT2D eigenvalue weighted by Crippen LogP contribution is 2.44. The molecule has 0 bridgehead atoms. The molecule has 1 aromatic carbocycles. The number of carbonyl (C=O) groups excluding carboxylic acids is 1. The minimum atomic E-state index is -0.267. The average Bonchev–Trinajstić information content (AvgIpc) is 3.45. The van der Waals surface area contributed by atoms with Crippen molar-refractivity contribution in [3.63, 3.8) is 0 Å². The number of benzene rings is 1. The van der Waals surface area contributed by atoms with E-state index in [-0.39, 0.29) is 30.1 Å². The molecule has 166 valence electrons. The van der Waals surface area contributed by atoms with E-state index in [2.05, 4.69) is 16.4 Å². The van der Waals surface area contributed by atoms with Gasteiger partial charge in [0.2, 0.25) is 5.91 Å². The highest BCUT2D eigenvalue weighted by Gasteiger charge is 2.50. The number of nitriles is 1. The Hall–Kier alpha value is -2.99. The van der Waals surface area contributed by atoms with Gasteiger partial charge in [-0.25, -0.2) is 4.98 Å². The summed E-state index contributed by atoms with van der Waals surface area (Å²) in [5.74, 6) is 0.989. The summed E-state index contributed by atoms with van der Waals surface area (Å²) in [6.07, 6.45) is 3.85. The van der Waals surface area contributed by atoms with Crippen LogP contribution in [0.2, 0.25) is 0 Å². The van der Waals surface area contributed by atoms with Gasteiger partial charge in [-0.1, -0.05) is 6.07 Å². The molecule has 0 spiro atoms. The molecule has 1 N–H and O–H groups in total. The standard InChI is InChI=1S/C24H25N3O5/c25-14-17-11-15(1-2-21(17)32-18-4-7-29-8-5-18)16-3-6-26-22(12-16)27-23(28)19-13-20(19)24-30-9-10-31-24/h1-3,6,11-12,18-20,24H,4-5,7-10,13H2,(H,26,27,28)/t19-,20?/m1/s1. The van der Waals surface area contributed by atoms with Gasteiger partial charge in [0.25, 0.3) is 0 Å². The minimum Gasteiger partial charge on any atom is -0.489 e. The molecule has 5 rings (SSSR count). The molecule has 2 saturated heterocycles. The summed E-state index contributed by atoms with van der Waals surface area (Å²) in [4.78, 5) is 16.9. The highest BCUT2D eigenvalue weighted by atomic mass is 16.7. The van der Waals surface area contributed by atoms with Crippen LogP contribution in [0, 0.1) is 23.2 Å². The van der Waals surface area contributed by atoms with Crippen LogP contribution in [-0.2, 0) is 19.0 Å². The predicted octanol–water partition coefficient (Wildman–Crippen LogP) is 3.13. The number of amides is 1. The highest BCUT2D eigenvalue weighted by molar-refractivity contribution is 5.94. The smallest absolute Gasteiger partial charge is 0.229 e. The quantitative estimate of drug-likeness (QED) is 0.744. The summed E-state index contributed by atoms with van der Waals surface area (Å²) in [7, 11) is 0. The van der Waals surface area contributed by atoms with Crippen molar-refractivity contribution < 1.29 is 23.7 Å². The number of anilines is 1. The largest absolute Gasteiger partial charge is 0.489 e. The molecule has 0 radical (unpaired) electrons. The number of rotatable bonds is 6. The Morgan fingerprint density at radius 1 is 1.09 bits per heavy atom. The first-order valence-electron chi connectivity index (χ1n) is 11.0. The summed E-state index contributed by atoms with van der Waals surface area (Å²) >= 11 is 0. The van der Waals surface area contributed by atoms with E-state index < -0.39 is 0 Å². The van der Waals surface area contributed by atoms with Crippen LogP contribution in [0.25, 0.3) is 11.1 Å². The number of pyridine rings is 1. The summed E-state index contributed by atoms with van der Waals surface area (Å²) in [5, 5.41) is 12.5. The second kappa shape index (κ2) is 9.25. The van der Waals surface area contributed by atoms with Crippen molar-refractivity contribution in [2.24, 2.45) is 11.8 Å². The number of aromatic nitrogens is 1. The molecule has 32 heavy (non-hydrogen) atoms. The first kappa shape index (κ1) is 20.9. The third-order valence-corrected chi connectivity index (χ3v) is 6.08. The molecule has 1 saturated carbocycles. The summed E-state index contributed by atoms with van der Waals surface area (Å²) in [6, 6.07) is 11.5. The number of hydrogen-bond acceptors (Lipinski definition) is 7. The maximum Gasteiger partial charge on any atom is 0.229 e. The number of ether oxygens (including phenoxy) is 4. The molecule has 2 aromatic rings. The van der Waals surface area contributed by atoms with Crippen molar-refractivity contribution in [1.82, 2.24) is 4.98 Å². The molecule has 3 fully saturated rings. The van der Waals surface area contributed by atoms with Crippen molar-refractivity contribution in [3.05, 3.63) is 42.1 Å². The Morgan fingerprint density at radius 3 is 2.66 bits per heavy atom. The second-order valence-electron chi connectivity index (χ2n) is 8.29. The molecule has 3 aliphatic rings. The monoisotopic (exact) mass is 435 g/mol. The van der Waals surface area contributed by atoms with Gasteiger partial charge in [-0.3, -0.25) is 4.79 Å². The van der Waals surface area contributed by atoms with Crippen molar-refractivity contribution in [1.29, 1.82) is 5.26 Å². The summed E-state index contributed by atoms with van der Waals surface area (Å²) in [6.45, 7) is 2.53. The maximum absolute atomic E-state index is 12.6. The Labute approximate surface area is 186 Å². The van der Waals surface area contributed by atoms with Gasteiger partial charge in [-0.05, 0) is 41.8 Å². The molecule has 2 atom stereocenters. The zero-order valence-electron chi connectivity index (χ0n) is 17.7. The van der Waals surface area contributed by atoms with Crippen LogP contribution in [-0.4, -0.2) is 49.7 Å². The van der Waals surface area contributed by atoms with Crippen LogP contribution >= 0.6 is 0 Å². The number of hydrogen-bond donors (Lipinski definition) is 1. The maximum atomic E-state index is 12.6. The van der Waals surface area contributed by atoms with Crippen molar-refractivity contribution in [3.8, 4) is 22.9 Å². The van der Waals surface area contributed by atoms with E-state index >= 15 is 0 Å². The molecule has 8 heteroatoms. The van der Waals surface area contributed by atoms with E-state index in [4.69, 9.17) is 18.9 Å². The number of carbonyl (C=O) groups is 1. The van der Waals surface area contributed by atoms with Gasteiger partial charge in [-0.15, -0.1) is 0 Å². The van der Waals surface area contributed by atoms with Gasteiger partial charge in [0.15, 0.2) is 6.29 Å². The van der Waals surface area contributed by atoms with Crippen LogP contribution in [0.4, 0.5) is 5.82 Å². The Kier molecular flexibility index (Phi) is 6.04. The average molecular weight is 435 g/mol. The molecule has 3 heterocycles.